The summed E-state index contributed by atoms with van der Waals surface area (Å²) in [4.78, 5) is 55.3. The molecule has 7 atom stereocenters. The van der Waals surface area contributed by atoms with Crippen molar-refractivity contribution in [3.63, 3.8) is 0 Å². The first kappa shape index (κ1) is 27.8. The number of methoxy groups -OCH3 is 1. The summed E-state index contributed by atoms with van der Waals surface area (Å²) in [5.41, 5.74) is 1.74. The number of thiazole rings is 1. The van der Waals surface area contributed by atoms with Gasteiger partial charge in [0.25, 0.3) is 0 Å². The molecule has 1 saturated heterocycles. The number of halogens is 2. The van der Waals surface area contributed by atoms with E-state index in [0.29, 0.717) is 21.5 Å². The molecule has 3 fully saturated rings. The summed E-state index contributed by atoms with van der Waals surface area (Å²) in [5, 5.41) is 11.0. The largest absolute Gasteiger partial charge is 0.496 e. The smallest absolute Gasteiger partial charge is 0.323 e. The third kappa shape index (κ3) is 4.27. The van der Waals surface area contributed by atoms with Crippen molar-refractivity contribution in [1.29, 1.82) is 0 Å². The van der Waals surface area contributed by atoms with Gasteiger partial charge >= 0.3 is 10.8 Å². The number of aliphatic carboxylic acids is 1. The summed E-state index contributed by atoms with van der Waals surface area (Å²) in [6.45, 7) is -0.413. The van der Waals surface area contributed by atoms with E-state index in [9.17, 15) is 24.3 Å². The molecule has 4 aliphatic rings. The Morgan fingerprint density at radius 3 is 2.55 bits per heavy atom. The molecule has 7 unspecified atom stereocenters. The minimum absolute atomic E-state index is 0.00146. The number of carboxylic acids is 1. The standard InChI is InChI=1S/C29H24Cl2N2O7S2/c1-39-18-6-11(2-3-12(18)10-40-17-5-4-13(30)7-16(17)31)20-21-14-8-15(24(21)41-26-25(20)42-29(38)32-26)23-22(14)27(36)33(28(23)37)9-19(34)35/h2-7,14-15,20-24H,8-10H2,1H3,(H,32,38)(H,34,35). The lowest BCUT2D eigenvalue weighted by atomic mass is 9.68. The number of imide groups is 1. The number of nitrogens with zero attached hydrogens (tertiary/aromatic N) is 1. The molecule has 2 aliphatic heterocycles. The fourth-order valence-corrected chi connectivity index (χ4v) is 10.9. The topological polar surface area (TPSA) is 126 Å². The highest BCUT2D eigenvalue weighted by atomic mass is 35.5. The van der Waals surface area contributed by atoms with Crippen LogP contribution in [0.2, 0.25) is 10.0 Å². The molecule has 218 valence electrons. The zero-order valence-electron chi connectivity index (χ0n) is 22.0. The molecule has 0 spiro atoms. The second-order valence-electron chi connectivity index (χ2n) is 11.1. The number of rotatable bonds is 7. The number of carbonyl (C=O) groups excluding carboxylic acids is 2. The predicted octanol–water partition coefficient (Wildman–Crippen LogP) is 4.89. The van der Waals surface area contributed by atoms with E-state index < -0.39 is 24.3 Å². The SMILES string of the molecule is COc1cc(C2c3sc(=O)[nH]c3SC3C4CC(C5C(=O)N(CC(=O)O)C(=O)C45)C23)ccc1COc1ccc(Cl)cc1Cl. The van der Waals surface area contributed by atoms with Crippen LogP contribution in [0.25, 0.3) is 0 Å². The Morgan fingerprint density at radius 2 is 1.83 bits per heavy atom. The predicted molar refractivity (Wildman–Crippen MR) is 157 cm³/mol. The van der Waals surface area contributed by atoms with Crippen LogP contribution < -0.4 is 14.3 Å². The van der Waals surface area contributed by atoms with Crippen LogP contribution in [0.4, 0.5) is 0 Å². The van der Waals surface area contributed by atoms with Gasteiger partial charge in [0.1, 0.15) is 24.7 Å². The van der Waals surface area contributed by atoms with Crippen LogP contribution in [0.3, 0.4) is 0 Å². The van der Waals surface area contributed by atoms with Gasteiger partial charge in [-0.05, 0) is 54.0 Å². The Labute approximate surface area is 258 Å². The summed E-state index contributed by atoms with van der Waals surface area (Å²) >= 11 is 15.0. The van der Waals surface area contributed by atoms with Gasteiger partial charge in [0.2, 0.25) is 11.8 Å². The quantitative estimate of drug-likeness (QED) is 0.348. The van der Waals surface area contributed by atoms with E-state index in [-0.39, 0.29) is 52.2 Å². The summed E-state index contributed by atoms with van der Waals surface area (Å²) in [6, 6.07) is 10.9. The molecular weight excluding hydrogens is 623 g/mol. The number of hydrogen-bond donors (Lipinski definition) is 2. The lowest BCUT2D eigenvalue weighted by molar-refractivity contribution is -0.149. The van der Waals surface area contributed by atoms with Gasteiger partial charge in [-0.2, -0.15) is 0 Å². The van der Waals surface area contributed by atoms with E-state index in [1.54, 1.807) is 37.1 Å². The first-order valence-electron chi connectivity index (χ1n) is 13.4. The molecule has 2 amide bonds. The van der Waals surface area contributed by atoms with Crippen LogP contribution in [0.1, 0.15) is 28.3 Å². The Hall–Kier alpha value is -2.99. The van der Waals surface area contributed by atoms with Gasteiger partial charge in [-0.15, -0.1) is 11.8 Å². The molecule has 7 rings (SSSR count). The number of aromatic amines is 1. The number of thioether (sulfide) groups is 1. The number of H-pyrrole nitrogens is 1. The molecule has 42 heavy (non-hydrogen) atoms. The molecule has 3 heterocycles. The summed E-state index contributed by atoms with van der Waals surface area (Å²) in [5.74, 6) is -2.33. The van der Waals surface area contributed by atoms with Gasteiger partial charge in [-0.3, -0.25) is 24.1 Å². The van der Waals surface area contributed by atoms with Crippen molar-refractivity contribution in [1.82, 2.24) is 9.88 Å². The first-order chi connectivity index (χ1) is 20.2. The van der Waals surface area contributed by atoms with Gasteiger partial charge in [0.05, 0.1) is 29.0 Å². The van der Waals surface area contributed by atoms with Crippen LogP contribution in [0.5, 0.6) is 11.5 Å². The maximum Gasteiger partial charge on any atom is 0.323 e. The van der Waals surface area contributed by atoms with E-state index in [1.807, 2.05) is 18.2 Å². The fourth-order valence-electron chi connectivity index (χ4n) is 7.56. The van der Waals surface area contributed by atoms with E-state index in [1.165, 1.54) is 11.3 Å². The molecule has 2 saturated carbocycles. The minimum Gasteiger partial charge on any atom is -0.496 e. The van der Waals surface area contributed by atoms with E-state index in [0.717, 1.165) is 32.4 Å². The van der Waals surface area contributed by atoms with Gasteiger partial charge in [0.15, 0.2) is 0 Å². The number of fused-ring (bicyclic) bond motifs is 9. The fraction of sp³-hybridized carbons (Fsp3) is 0.379. The van der Waals surface area contributed by atoms with Gasteiger partial charge in [-0.1, -0.05) is 46.7 Å². The molecule has 2 N–H and O–H groups in total. The molecule has 3 aromatic rings. The Bertz CT molecular complexity index is 1710. The summed E-state index contributed by atoms with van der Waals surface area (Å²) < 4.78 is 11.7. The molecule has 2 bridgehead atoms. The van der Waals surface area contributed by atoms with Gasteiger partial charge in [-0.25, -0.2) is 0 Å². The number of nitrogens with one attached hydrogen (secondary N) is 1. The van der Waals surface area contributed by atoms with Crippen molar-refractivity contribution >= 4 is 64.1 Å². The van der Waals surface area contributed by atoms with Crippen LogP contribution in [-0.4, -0.2) is 51.7 Å². The number of carboxylic acid groups (broad SMARTS) is 1. The number of carbonyl (C=O) groups is 3. The van der Waals surface area contributed by atoms with E-state index >= 15 is 0 Å². The van der Waals surface area contributed by atoms with Crippen molar-refractivity contribution in [2.75, 3.05) is 13.7 Å². The Kier molecular flexibility index (Phi) is 6.84. The lowest BCUT2D eigenvalue weighted by Gasteiger charge is -2.43. The molecule has 1 aromatic heterocycles. The van der Waals surface area contributed by atoms with Crippen molar-refractivity contribution in [2.45, 2.75) is 29.2 Å². The first-order valence-corrected chi connectivity index (χ1v) is 15.8. The Morgan fingerprint density at radius 1 is 1.07 bits per heavy atom. The lowest BCUT2D eigenvalue weighted by Crippen LogP contribution is -2.42. The van der Waals surface area contributed by atoms with E-state index in [4.69, 9.17) is 32.7 Å². The number of likely N-dealkylation sites (tertiary alicyclic amines) is 1. The normalized spacial score (nSPS) is 28.9. The zero-order valence-corrected chi connectivity index (χ0v) is 25.2. The van der Waals surface area contributed by atoms with Crippen LogP contribution in [0.15, 0.2) is 46.2 Å². The van der Waals surface area contributed by atoms with Crippen molar-refractivity contribution in [3.8, 4) is 11.5 Å². The van der Waals surface area contributed by atoms with Crippen molar-refractivity contribution in [3.05, 3.63) is 72.1 Å². The molecule has 9 nitrogen and oxygen atoms in total. The number of hydrogen-bond acceptors (Lipinski definition) is 8. The highest BCUT2D eigenvalue weighted by molar-refractivity contribution is 8.00. The maximum atomic E-state index is 13.4. The van der Waals surface area contributed by atoms with Crippen molar-refractivity contribution < 1.29 is 29.0 Å². The second-order valence-corrected chi connectivity index (χ2v) is 14.1. The third-order valence-corrected chi connectivity index (χ3v) is 12.2. The number of ether oxygens (including phenoxy) is 2. The van der Waals surface area contributed by atoms with Gasteiger partial charge < -0.3 is 19.6 Å². The third-order valence-electron chi connectivity index (χ3n) is 9.06. The maximum absolute atomic E-state index is 13.4. The molecular formula is C29H24Cl2N2O7S2. The number of amides is 2. The number of aromatic nitrogens is 1. The molecule has 2 aliphatic carbocycles. The minimum atomic E-state index is -1.21. The highest BCUT2D eigenvalue weighted by Gasteiger charge is 2.69. The number of benzene rings is 2. The second kappa shape index (κ2) is 10.3. The van der Waals surface area contributed by atoms with Crippen LogP contribution in [-0.2, 0) is 21.0 Å². The molecule has 2 aromatic carbocycles. The highest BCUT2D eigenvalue weighted by Crippen LogP contribution is 2.68. The average Bonchev–Trinajstić information content (AvgIpc) is 3.68. The van der Waals surface area contributed by atoms with Crippen molar-refractivity contribution in [2.24, 2.45) is 29.6 Å². The average molecular weight is 648 g/mol. The summed E-state index contributed by atoms with van der Waals surface area (Å²) in [6.07, 6.45) is 0.719. The van der Waals surface area contributed by atoms with E-state index in [2.05, 4.69) is 4.98 Å². The van der Waals surface area contributed by atoms with Crippen LogP contribution >= 0.6 is 46.3 Å². The van der Waals surface area contributed by atoms with Gasteiger partial charge in [0, 0.05) is 26.6 Å². The molecule has 13 heteroatoms. The summed E-state index contributed by atoms with van der Waals surface area (Å²) in [7, 11) is 1.58. The zero-order chi connectivity index (χ0) is 29.4. The Balaban J connectivity index is 1.24. The monoisotopic (exact) mass is 646 g/mol. The van der Waals surface area contributed by atoms with Crippen LogP contribution in [0, 0.1) is 29.6 Å². The molecule has 0 radical (unpaired) electrons.